The number of rotatable bonds is 1. The van der Waals surface area contributed by atoms with Crippen LogP contribution in [0.5, 0.6) is 0 Å². The van der Waals surface area contributed by atoms with Gasteiger partial charge in [0.2, 0.25) is 0 Å². The number of pyridine rings is 1. The van der Waals surface area contributed by atoms with Gasteiger partial charge in [0, 0.05) is 12.4 Å². The number of aromatic nitrogens is 2. The molecular weight excluding hydrogens is 230 g/mol. The van der Waals surface area contributed by atoms with Gasteiger partial charge in [0.25, 0.3) is 0 Å². The van der Waals surface area contributed by atoms with Gasteiger partial charge in [-0.25, -0.2) is 4.98 Å². The molecule has 2 rings (SSSR count). The van der Waals surface area contributed by atoms with Crippen molar-refractivity contribution in [1.82, 2.24) is 9.38 Å². The molecule has 0 saturated carbocycles. The first-order valence-corrected chi connectivity index (χ1v) is 4.36. The largest absolute Gasteiger partial charge is 0.307 e. The van der Waals surface area contributed by atoms with Crippen molar-refractivity contribution in [3.63, 3.8) is 0 Å². The van der Waals surface area contributed by atoms with Crippen molar-refractivity contribution in [1.29, 1.82) is 0 Å². The van der Waals surface area contributed by atoms with Crippen molar-refractivity contribution in [3.05, 3.63) is 36.3 Å². The number of hydrogen-bond acceptors (Lipinski definition) is 1. The monoisotopic (exact) mass is 236 g/mol. The Morgan fingerprint density at radius 1 is 1.31 bits per heavy atom. The predicted molar refractivity (Wildman–Crippen MR) is 56.9 cm³/mol. The van der Waals surface area contributed by atoms with Gasteiger partial charge in [-0.3, -0.25) is 0 Å². The molecule has 70 valence electrons. The fraction of sp³-hybridized carbons (Fsp3) is 0.125. The third-order valence-electron chi connectivity index (χ3n) is 1.61. The summed E-state index contributed by atoms with van der Waals surface area (Å²) in [5, 5.41) is 0. The fourth-order valence-corrected chi connectivity index (χ4v) is 1.27. The van der Waals surface area contributed by atoms with Gasteiger partial charge in [0.1, 0.15) is 5.65 Å². The average molecular weight is 238 g/mol. The Morgan fingerprint density at radius 3 is 2.69 bits per heavy atom. The summed E-state index contributed by atoms with van der Waals surface area (Å²) < 4.78 is 1.88. The summed E-state index contributed by atoms with van der Waals surface area (Å²) in [6.07, 6.45) is 3.72. The van der Waals surface area contributed by atoms with Crippen molar-refractivity contribution in [3.8, 4) is 0 Å². The van der Waals surface area contributed by atoms with Gasteiger partial charge in [-0.1, -0.05) is 29.3 Å². The molecular formula is C8H7Cl3N2. The maximum absolute atomic E-state index is 5.66. The highest BCUT2D eigenvalue weighted by Crippen LogP contribution is 2.23. The summed E-state index contributed by atoms with van der Waals surface area (Å²) in [6, 6.07) is 5.75. The molecule has 0 N–H and O–H groups in total. The van der Waals surface area contributed by atoms with Gasteiger partial charge in [-0.2, -0.15) is 0 Å². The highest BCUT2D eigenvalue weighted by Gasteiger charge is 2.07. The van der Waals surface area contributed by atoms with Crippen molar-refractivity contribution < 1.29 is 0 Å². The van der Waals surface area contributed by atoms with Crippen LogP contribution in [-0.4, -0.2) is 9.38 Å². The summed E-state index contributed by atoms with van der Waals surface area (Å²) in [4.78, 5) is 3.66. The molecule has 0 radical (unpaired) electrons. The maximum atomic E-state index is 5.66. The van der Waals surface area contributed by atoms with E-state index in [-0.39, 0.29) is 12.4 Å². The van der Waals surface area contributed by atoms with E-state index < -0.39 is 4.84 Å². The smallest absolute Gasteiger partial charge is 0.151 e. The van der Waals surface area contributed by atoms with Crippen LogP contribution in [0.1, 0.15) is 10.5 Å². The van der Waals surface area contributed by atoms with Crippen LogP contribution in [0, 0.1) is 0 Å². The molecule has 0 atom stereocenters. The lowest BCUT2D eigenvalue weighted by molar-refractivity contribution is 1.18. The Labute approximate surface area is 91.9 Å². The Balaban J connectivity index is 0.000000845. The second-order valence-electron chi connectivity index (χ2n) is 2.43. The Bertz CT molecular complexity index is 364. The van der Waals surface area contributed by atoms with Crippen LogP contribution in [0.25, 0.3) is 5.65 Å². The molecule has 0 aliphatic carbocycles. The molecule has 0 aliphatic heterocycles. The number of alkyl halides is 2. The van der Waals surface area contributed by atoms with Gasteiger partial charge >= 0.3 is 0 Å². The van der Waals surface area contributed by atoms with E-state index in [4.69, 9.17) is 23.2 Å². The lowest BCUT2D eigenvalue weighted by Crippen LogP contribution is -1.77. The summed E-state index contributed by atoms with van der Waals surface area (Å²) in [5.41, 5.74) is 1.54. The molecule has 0 aliphatic rings. The Hall–Kier alpha value is -0.440. The van der Waals surface area contributed by atoms with E-state index in [9.17, 15) is 0 Å². The zero-order valence-corrected chi connectivity index (χ0v) is 8.85. The molecule has 2 aromatic rings. The summed E-state index contributed by atoms with van der Waals surface area (Å²) >= 11 is 11.3. The van der Waals surface area contributed by atoms with E-state index >= 15 is 0 Å². The molecule has 0 aromatic carbocycles. The quantitative estimate of drug-likeness (QED) is 0.696. The van der Waals surface area contributed by atoms with Crippen molar-refractivity contribution in [2.75, 3.05) is 0 Å². The third kappa shape index (κ3) is 2.08. The first kappa shape index (κ1) is 10.6. The first-order chi connectivity index (χ1) is 5.77. The summed E-state index contributed by atoms with van der Waals surface area (Å²) in [7, 11) is 0. The predicted octanol–water partition coefficient (Wildman–Crippen LogP) is 3.23. The van der Waals surface area contributed by atoms with Crippen molar-refractivity contribution >= 4 is 41.3 Å². The minimum Gasteiger partial charge on any atom is -0.307 e. The van der Waals surface area contributed by atoms with Crippen molar-refractivity contribution in [2.24, 2.45) is 0 Å². The second-order valence-corrected chi connectivity index (χ2v) is 3.53. The van der Waals surface area contributed by atoms with Gasteiger partial charge in [0.15, 0.2) is 4.84 Å². The minimum absolute atomic E-state index is 0. The lowest BCUT2D eigenvalue weighted by Gasteiger charge is -1.89. The zero-order valence-electron chi connectivity index (χ0n) is 6.52. The highest BCUT2D eigenvalue weighted by molar-refractivity contribution is 6.43. The topological polar surface area (TPSA) is 17.3 Å². The molecule has 2 nitrogen and oxygen atoms in total. The van der Waals surface area contributed by atoms with E-state index in [0.717, 1.165) is 5.65 Å². The van der Waals surface area contributed by atoms with Crippen LogP contribution in [-0.2, 0) is 0 Å². The molecule has 0 spiro atoms. The molecule has 2 heterocycles. The lowest BCUT2D eigenvalue weighted by atomic mass is 10.5. The molecule has 0 saturated heterocycles. The Kier molecular flexibility index (Phi) is 3.42. The maximum Gasteiger partial charge on any atom is 0.151 e. The molecule has 5 heteroatoms. The molecule has 13 heavy (non-hydrogen) atoms. The number of nitrogens with zero attached hydrogens (tertiary/aromatic N) is 2. The van der Waals surface area contributed by atoms with Crippen LogP contribution in [0.15, 0.2) is 30.6 Å². The van der Waals surface area contributed by atoms with E-state index in [2.05, 4.69) is 4.98 Å². The zero-order chi connectivity index (χ0) is 8.55. The molecule has 2 aromatic heterocycles. The average Bonchev–Trinajstić information content (AvgIpc) is 2.46. The highest BCUT2D eigenvalue weighted by atomic mass is 35.5. The molecule has 0 amide bonds. The number of hydrogen-bond donors (Lipinski definition) is 0. The van der Waals surface area contributed by atoms with E-state index in [1.807, 2.05) is 35.0 Å². The van der Waals surface area contributed by atoms with Gasteiger partial charge in [-0.05, 0) is 12.1 Å². The molecule has 0 fully saturated rings. The second kappa shape index (κ2) is 4.18. The summed E-state index contributed by atoms with van der Waals surface area (Å²) in [5.74, 6) is 0. The number of imidazole rings is 1. The first-order valence-electron chi connectivity index (χ1n) is 3.49. The molecule has 0 bridgehead atoms. The third-order valence-corrected chi connectivity index (χ3v) is 2.05. The van der Waals surface area contributed by atoms with E-state index in [0.29, 0.717) is 5.69 Å². The number of halogens is 3. The van der Waals surface area contributed by atoms with Gasteiger partial charge < -0.3 is 4.40 Å². The standard InChI is InChI=1S/C8H6Cl2N2.ClH/c9-8(10)6-5-12-4-2-1-3-7(12)11-6;/h1-5,8H;1H. The van der Waals surface area contributed by atoms with Crippen molar-refractivity contribution in [2.45, 2.75) is 4.84 Å². The van der Waals surface area contributed by atoms with E-state index in [1.165, 1.54) is 0 Å². The minimum atomic E-state index is -0.551. The number of fused-ring (bicyclic) bond motifs is 1. The van der Waals surface area contributed by atoms with Crippen LogP contribution in [0.3, 0.4) is 0 Å². The van der Waals surface area contributed by atoms with Gasteiger partial charge in [-0.15, -0.1) is 12.4 Å². The van der Waals surface area contributed by atoms with Crippen LogP contribution < -0.4 is 0 Å². The Morgan fingerprint density at radius 2 is 2.08 bits per heavy atom. The molecule has 0 unspecified atom stereocenters. The van der Waals surface area contributed by atoms with Gasteiger partial charge in [0.05, 0.1) is 5.69 Å². The SMILES string of the molecule is Cl.ClC(Cl)c1cn2ccccc2n1. The fourth-order valence-electron chi connectivity index (χ4n) is 1.06. The van der Waals surface area contributed by atoms with Crippen LogP contribution >= 0.6 is 35.6 Å². The van der Waals surface area contributed by atoms with E-state index in [1.54, 1.807) is 0 Å². The van der Waals surface area contributed by atoms with Crippen LogP contribution in [0.2, 0.25) is 0 Å². The normalized spacial score (nSPS) is 10.4. The summed E-state index contributed by atoms with van der Waals surface area (Å²) in [6.45, 7) is 0. The van der Waals surface area contributed by atoms with Crippen LogP contribution in [0.4, 0.5) is 0 Å².